The number of hydrogen-bond donors (Lipinski definition) is 4. The van der Waals surface area contributed by atoms with Gasteiger partial charge in [0.2, 0.25) is 0 Å². The number of aldehydes is 1. The maximum absolute atomic E-state index is 12.0. The van der Waals surface area contributed by atoms with Crippen LogP contribution in [-0.2, 0) is 28.9 Å². The lowest BCUT2D eigenvalue weighted by Crippen LogP contribution is -2.50. The van der Waals surface area contributed by atoms with Crippen LogP contribution < -0.4 is 0 Å². The molecule has 0 rings (SSSR count). The second-order valence-corrected chi connectivity index (χ2v) is 8.65. The topological polar surface area (TPSA) is 168 Å². The molecule has 0 saturated heterocycles. The van der Waals surface area contributed by atoms with Crippen LogP contribution in [0.4, 0.5) is 0 Å². The Labute approximate surface area is 184 Å². The minimum Gasteiger partial charge on any atom is -0.452 e. The molecule has 0 amide bonds. The number of esters is 1. The van der Waals surface area contributed by atoms with Crippen molar-refractivity contribution in [1.29, 1.82) is 0 Å². The predicted molar refractivity (Wildman–Crippen MR) is 113 cm³/mol. The van der Waals surface area contributed by atoms with Gasteiger partial charge in [0.15, 0.2) is 18.5 Å². The molecule has 0 bridgehead atoms. The van der Waals surface area contributed by atoms with Crippen molar-refractivity contribution in [3.8, 4) is 0 Å². The fraction of sp³-hybridized carbons (Fsp3) is 0.900. The Kier molecular flexibility index (Phi) is 16.8. The number of hydrogen-bond acceptors (Lipinski definition) is 9. The molecule has 184 valence electrons. The number of aliphatic hydroxyl groups excluding tert-OH is 3. The van der Waals surface area contributed by atoms with E-state index in [1.807, 2.05) is 0 Å². The molecular formula is C20H38O10S. The summed E-state index contributed by atoms with van der Waals surface area (Å²) in [6.45, 7) is 1.20. The monoisotopic (exact) mass is 470 g/mol. The summed E-state index contributed by atoms with van der Waals surface area (Å²) in [6.07, 6.45) is 3.92. The van der Waals surface area contributed by atoms with E-state index >= 15 is 0 Å². The first kappa shape index (κ1) is 29.9. The Morgan fingerprint density at radius 1 is 0.935 bits per heavy atom. The van der Waals surface area contributed by atoms with Crippen LogP contribution in [0, 0.1) is 0 Å². The van der Waals surface area contributed by atoms with Crippen LogP contribution >= 0.6 is 0 Å². The standard InChI is InChI=1S/C20H38O10S/c1-2-3-4-5-6-7-8-9-10-11-12-13-18(24)29-17(15-22)20(30-31(26,27)28)19(25)16(23)14-21/h15-17,19-21,23,25H,2-14H2,1H3,(H,26,27,28)/t16-,17+,19+,20-/m1/s1. The first-order valence-electron chi connectivity index (χ1n) is 10.9. The van der Waals surface area contributed by atoms with Crippen molar-refractivity contribution in [1.82, 2.24) is 0 Å². The summed E-state index contributed by atoms with van der Waals surface area (Å²) < 4.78 is 39.8. The van der Waals surface area contributed by atoms with Crippen molar-refractivity contribution in [2.45, 2.75) is 108 Å². The van der Waals surface area contributed by atoms with E-state index in [0.717, 1.165) is 25.7 Å². The smallest absolute Gasteiger partial charge is 0.397 e. The Bertz CT molecular complexity index is 581. The fourth-order valence-electron chi connectivity index (χ4n) is 3.09. The Morgan fingerprint density at radius 3 is 1.84 bits per heavy atom. The zero-order valence-corrected chi connectivity index (χ0v) is 19.0. The van der Waals surface area contributed by atoms with Gasteiger partial charge >= 0.3 is 16.4 Å². The van der Waals surface area contributed by atoms with Crippen LogP contribution in [0.15, 0.2) is 0 Å². The highest BCUT2D eigenvalue weighted by Gasteiger charge is 2.39. The van der Waals surface area contributed by atoms with Gasteiger partial charge in [-0.1, -0.05) is 71.1 Å². The van der Waals surface area contributed by atoms with E-state index in [1.165, 1.54) is 38.5 Å². The van der Waals surface area contributed by atoms with E-state index in [4.69, 9.17) is 14.4 Å². The molecule has 10 nitrogen and oxygen atoms in total. The van der Waals surface area contributed by atoms with Gasteiger partial charge in [-0.05, 0) is 6.42 Å². The van der Waals surface area contributed by atoms with E-state index < -0.39 is 47.4 Å². The van der Waals surface area contributed by atoms with Crippen molar-refractivity contribution >= 4 is 22.7 Å². The van der Waals surface area contributed by atoms with Crippen LogP contribution in [-0.4, -0.2) is 71.6 Å². The highest BCUT2D eigenvalue weighted by atomic mass is 32.3. The Morgan fingerprint density at radius 2 is 1.42 bits per heavy atom. The summed E-state index contributed by atoms with van der Waals surface area (Å²) >= 11 is 0. The van der Waals surface area contributed by atoms with E-state index in [9.17, 15) is 28.2 Å². The number of ether oxygens (including phenoxy) is 1. The molecule has 0 aliphatic heterocycles. The van der Waals surface area contributed by atoms with Crippen LogP contribution in [0.1, 0.15) is 84.0 Å². The minimum absolute atomic E-state index is 0.0154. The summed E-state index contributed by atoms with van der Waals surface area (Å²) in [6, 6.07) is 0. The van der Waals surface area contributed by atoms with Crippen molar-refractivity contribution in [2.75, 3.05) is 6.61 Å². The number of aliphatic hydroxyl groups is 3. The fourth-order valence-corrected chi connectivity index (χ4v) is 3.59. The highest BCUT2D eigenvalue weighted by Crippen LogP contribution is 2.16. The lowest BCUT2D eigenvalue weighted by Gasteiger charge is -2.28. The van der Waals surface area contributed by atoms with Crippen LogP contribution in [0.3, 0.4) is 0 Å². The number of unbranched alkanes of at least 4 members (excludes halogenated alkanes) is 10. The molecule has 0 saturated carbocycles. The third-order valence-corrected chi connectivity index (χ3v) is 5.33. The molecule has 4 N–H and O–H groups in total. The molecule has 0 radical (unpaired) electrons. The van der Waals surface area contributed by atoms with E-state index in [1.54, 1.807) is 0 Å². The third kappa shape index (κ3) is 15.4. The maximum Gasteiger partial charge on any atom is 0.397 e. The van der Waals surface area contributed by atoms with Crippen LogP contribution in [0.25, 0.3) is 0 Å². The van der Waals surface area contributed by atoms with Crippen molar-refractivity contribution in [3.63, 3.8) is 0 Å². The average molecular weight is 471 g/mol. The predicted octanol–water partition coefficient (Wildman–Crippen LogP) is 1.70. The van der Waals surface area contributed by atoms with Crippen molar-refractivity contribution in [3.05, 3.63) is 0 Å². The first-order valence-corrected chi connectivity index (χ1v) is 12.3. The molecule has 0 spiro atoms. The van der Waals surface area contributed by atoms with Gasteiger partial charge in [0.1, 0.15) is 12.2 Å². The molecule has 0 aliphatic carbocycles. The minimum atomic E-state index is -5.14. The van der Waals surface area contributed by atoms with Crippen molar-refractivity contribution in [2.24, 2.45) is 0 Å². The van der Waals surface area contributed by atoms with Crippen LogP contribution in [0.2, 0.25) is 0 Å². The van der Waals surface area contributed by atoms with Gasteiger partial charge in [0.25, 0.3) is 0 Å². The lowest BCUT2D eigenvalue weighted by atomic mass is 10.0. The average Bonchev–Trinajstić information content (AvgIpc) is 2.72. The molecule has 0 fully saturated rings. The largest absolute Gasteiger partial charge is 0.452 e. The number of rotatable bonds is 20. The lowest BCUT2D eigenvalue weighted by molar-refractivity contribution is -0.165. The van der Waals surface area contributed by atoms with Gasteiger partial charge in [-0.2, -0.15) is 8.42 Å². The second-order valence-electron chi connectivity index (χ2n) is 7.61. The van der Waals surface area contributed by atoms with Crippen LogP contribution in [0.5, 0.6) is 0 Å². The normalized spacial score (nSPS) is 15.8. The molecule has 31 heavy (non-hydrogen) atoms. The SMILES string of the molecule is CCCCCCCCCCCCCC(=O)O[C@@H](C=O)[C@@H](OS(=O)(=O)O)[C@@H](O)[C@H](O)CO. The molecular weight excluding hydrogens is 432 g/mol. The molecule has 0 aliphatic rings. The van der Waals surface area contributed by atoms with Gasteiger partial charge in [0.05, 0.1) is 6.61 Å². The summed E-state index contributed by atoms with van der Waals surface area (Å²) in [5.74, 6) is -0.817. The molecule has 0 aromatic heterocycles. The summed E-state index contributed by atoms with van der Waals surface area (Å²) in [5.41, 5.74) is 0. The maximum atomic E-state index is 12.0. The second kappa shape index (κ2) is 17.4. The zero-order chi connectivity index (χ0) is 23.7. The zero-order valence-electron chi connectivity index (χ0n) is 18.2. The van der Waals surface area contributed by atoms with Gasteiger partial charge < -0.3 is 20.1 Å². The molecule has 0 heterocycles. The number of carbonyl (C=O) groups is 2. The van der Waals surface area contributed by atoms with E-state index in [-0.39, 0.29) is 12.7 Å². The van der Waals surface area contributed by atoms with E-state index in [2.05, 4.69) is 11.1 Å². The van der Waals surface area contributed by atoms with Crippen molar-refractivity contribution < 1.29 is 46.8 Å². The summed E-state index contributed by atoms with van der Waals surface area (Å²) in [5, 5.41) is 28.2. The molecule has 4 atom stereocenters. The summed E-state index contributed by atoms with van der Waals surface area (Å²) in [4.78, 5) is 23.2. The first-order chi connectivity index (χ1) is 14.7. The molecule has 0 unspecified atom stereocenters. The Balaban J connectivity index is 4.31. The number of carbonyl (C=O) groups excluding carboxylic acids is 2. The van der Waals surface area contributed by atoms with Gasteiger partial charge in [-0.25, -0.2) is 4.18 Å². The Hall–Kier alpha value is -1.11. The molecule has 11 heteroatoms. The highest BCUT2D eigenvalue weighted by molar-refractivity contribution is 7.80. The van der Waals surface area contributed by atoms with Gasteiger partial charge in [-0.15, -0.1) is 0 Å². The van der Waals surface area contributed by atoms with Gasteiger partial charge in [0, 0.05) is 6.42 Å². The quantitative estimate of drug-likeness (QED) is 0.0889. The molecule has 0 aromatic carbocycles. The van der Waals surface area contributed by atoms with E-state index in [0.29, 0.717) is 6.42 Å². The third-order valence-electron chi connectivity index (χ3n) is 4.86. The van der Waals surface area contributed by atoms with Gasteiger partial charge in [-0.3, -0.25) is 14.1 Å². The summed E-state index contributed by atoms with van der Waals surface area (Å²) in [7, 11) is -5.14. The molecule has 0 aromatic rings.